The Labute approximate surface area is 173 Å². The zero-order chi connectivity index (χ0) is 21.3. The fourth-order valence-electron chi connectivity index (χ4n) is 5.98. The van der Waals surface area contributed by atoms with E-state index in [0.29, 0.717) is 28.4 Å². The van der Waals surface area contributed by atoms with Gasteiger partial charge in [0.25, 0.3) is 0 Å². The zero-order valence-corrected chi connectivity index (χ0v) is 16.5. The van der Waals surface area contributed by atoms with Crippen molar-refractivity contribution in [3.05, 3.63) is 42.0 Å². The minimum absolute atomic E-state index is 0.188. The molecule has 2 aromatic rings. The van der Waals surface area contributed by atoms with Gasteiger partial charge in [-0.2, -0.15) is 5.26 Å². The number of hydrogen-bond donors (Lipinski definition) is 2. The Morgan fingerprint density at radius 2 is 1.87 bits per heavy atom. The number of fused-ring (bicyclic) bond motifs is 6. The summed E-state index contributed by atoms with van der Waals surface area (Å²) < 4.78 is 6.24. The molecule has 30 heavy (non-hydrogen) atoms. The van der Waals surface area contributed by atoms with Crippen molar-refractivity contribution in [2.75, 3.05) is 11.5 Å². The van der Waals surface area contributed by atoms with Gasteiger partial charge in [-0.3, -0.25) is 9.59 Å². The first-order valence-corrected chi connectivity index (χ1v) is 10.2. The molecule has 7 nitrogen and oxygen atoms in total. The van der Waals surface area contributed by atoms with Crippen LogP contribution in [0.15, 0.2) is 36.4 Å². The number of benzene rings is 2. The third kappa shape index (κ3) is 2.13. The van der Waals surface area contributed by atoms with Crippen LogP contribution in [0.5, 0.6) is 0 Å². The maximum absolute atomic E-state index is 13.6. The third-order valence-electron chi connectivity index (χ3n) is 7.25. The van der Waals surface area contributed by atoms with Crippen LogP contribution < -0.4 is 4.90 Å². The first-order valence-electron chi connectivity index (χ1n) is 10.2. The van der Waals surface area contributed by atoms with E-state index in [1.165, 1.54) is 4.90 Å². The number of nitriles is 1. The smallest absolute Gasteiger partial charge is 0.240 e. The van der Waals surface area contributed by atoms with E-state index in [2.05, 4.69) is 6.07 Å². The number of aliphatic hydroxyl groups is 2. The van der Waals surface area contributed by atoms with Gasteiger partial charge < -0.3 is 14.9 Å². The van der Waals surface area contributed by atoms with Gasteiger partial charge in [-0.05, 0) is 18.6 Å². The predicted molar refractivity (Wildman–Crippen MR) is 107 cm³/mol. The summed E-state index contributed by atoms with van der Waals surface area (Å²) in [6, 6.07) is 12.6. The van der Waals surface area contributed by atoms with Gasteiger partial charge in [0, 0.05) is 30.2 Å². The van der Waals surface area contributed by atoms with E-state index in [9.17, 15) is 25.1 Å². The molecule has 3 saturated heterocycles. The summed E-state index contributed by atoms with van der Waals surface area (Å²) in [5.41, 5.74) is -1.26. The Bertz CT molecular complexity index is 1120. The highest BCUT2D eigenvalue weighted by Crippen LogP contribution is 2.63. The van der Waals surface area contributed by atoms with Crippen molar-refractivity contribution in [3.8, 4) is 6.07 Å². The van der Waals surface area contributed by atoms with Crippen LogP contribution in [0.25, 0.3) is 10.8 Å². The molecule has 3 fully saturated rings. The zero-order valence-electron chi connectivity index (χ0n) is 16.5. The number of nitrogens with zero attached hydrogens (tertiary/aromatic N) is 2. The minimum atomic E-state index is -1.12. The first kappa shape index (κ1) is 19.2. The number of imide groups is 1. The highest BCUT2D eigenvalue weighted by Gasteiger charge is 2.77. The highest BCUT2D eigenvalue weighted by atomic mass is 16.6. The average molecular weight is 406 g/mol. The molecule has 154 valence electrons. The average Bonchev–Trinajstić information content (AvgIpc) is 3.31. The summed E-state index contributed by atoms with van der Waals surface area (Å²) in [5, 5.41) is 31.2. The van der Waals surface area contributed by atoms with Crippen LogP contribution in [-0.2, 0) is 14.3 Å². The molecule has 7 heteroatoms. The second-order valence-electron chi connectivity index (χ2n) is 8.43. The van der Waals surface area contributed by atoms with Crippen LogP contribution >= 0.6 is 0 Å². The van der Waals surface area contributed by atoms with Gasteiger partial charge in [0.15, 0.2) is 0 Å². The number of ether oxygens (including phenoxy) is 1. The van der Waals surface area contributed by atoms with E-state index in [0.717, 1.165) is 0 Å². The van der Waals surface area contributed by atoms with Gasteiger partial charge in [-0.1, -0.05) is 31.2 Å². The number of rotatable bonds is 4. The molecule has 5 atom stereocenters. The normalized spacial score (nSPS) is 34.6. The molecule has 1 unspecified atom stereocenters. The van der Waals surface area contributed by atoms with Crippen LogP contribution in [0.3, 0.4) is 0 Å². The van der Waals surface area contributed by atoms with Crippen LogP contribution in [0.1, 0.15) is 31.7 Å². The lowest BCUT2D eigenvalue weighted by Gasteiger charge is -2.34. The molecule has 0 spiro atoms. The molecule has 0 radical (unpaired) electrons. The van der Waals surface area contributed by atoms with Gasteiger partial charge in [-0.15, -0.1) is 0 Å². The van der Waals surface area contributed by atoms with Crippen LogP contribution in [0.2, 0.25) is 0 Å². The van der Waals surface area contributed by atoms with Crippen molar-refractivity contribution in [1.29, 1.82) is 5.26 Å². The van der Waals surface area contributed by atoms with Gasteiger partial charge in [0.2, 0.25) is 11.8 Å². The fraction of sp³-hybridized carbons (Fsp3) is 0.435. The number of anilines is 1. The molecule has 2 aromatic carbocycles. The molecule has 3 aliphatic heterocycles. The van der Waals surface area contributed by atoms with Gasteiger partial charge in [-0.25, -0.2) is 4.90 Å². The molecule has 0 aliphatic carbocycles. The monoisotopic (exact) mass is 406 g/mol. The van der Waals surface area contributed by atoms with Crippen molar-refractivity contribution >= 4 is 28.3 Å². The van der Waals surface area contributed by atoms with E-state index in [1.807, 2.05) is 13.0 Å². The standard InChI is InChI=1S/C23H22N2O5/c1-2-23-17(27)11-22(30-23,9-10-26)18-19(23)21(29)25(20(18)28)16-8-7-13(12-24)14-5-3-4-6-15(14)16/h3-8,17-19,26-27H,2,9-11H2,1H3/t17-,18+,19-,22?,23+/m0/s1. The molecule has 0 aromatic heterocycles. The first-order chi connectivity index (χ1) is 14.4. The van der Waals surface area contributed by atoms with Crippen molar-refractivity contribution in [1.82, 2.24) is 0 Å². The number of carbonyl (C=O) groups is 2. The summed E-state index contributed by atoms with van der Waals surface area (Å²) in [7, 11) is 0. The minimum Gasteiger partial charge on any atom is -0.396 e. The molecular weight excluding hydrogens is 384 g/mol. The Morgan fingerprint density at radius 3 is 2.53 bits per heavy atom. The molecule has 2 bridgehead atoms. The van der Waals surface area contributed by atoms with Crippen LogP contribution in [0, 0.1) is 23.2 Å². The van der Waals surface area contributed by atoms with E-state index in [4.69, 9.17) is 4.74 Å². The Kier molecular flexibility index (Phi) is 4.06. The van der Waals surface area contributed by atoms with Crippen molar-refractivity contribution in [2.45, 2.75) is 43.5 Å². The molecule has 2 amide bonds. The topological polar surface area (TPSA) is 111 Å². The second kappa shape index (κ2) is 6.35. The lowest BCUT2D eigenvalue weighted by Crippen LogP contribution is -2.51. The molecule has 3 heterocycles. The molecule has 3 aliphatic rings. The number of amides is 2. The lowest BCUT2D eigenvalue weighted by molar-refractivity contribution is -0.137. The van der Waals surface area contributed by atoms with Crippen LogP contribution in [0.4, 0.5) is 5.69 Å². The van der Waals surface area contributed by atoms with Gasteiger partial charge in [0.05, 0.1) is 40.9 Å². The van der Waals surface area contributed by atoms with E-state index in [-0.39, 0.29) is 31.3 Å². The summed E-state index contributed by atoms with van der Waals surface area (Å²) >= 11 is 0. The summed E-state index contributed by atoms with van der Waals surface area (Å²) in [6.07, 6.45) is -0.0641. The molecule has 0 saturated carbocycles. The molecule has 5 rings (SSSR count). The van der Waals surface area contributed by atoms with Gasteiger partial charge >= 0.3 is 0 Å². The number of carbonyl (C=O) groups excluding carboxylic acids is 2. The fourth-order valence-corrected chi connectivity index (χ4v) is 5.98. The number of aliphatic hydroxyl groups excluding tert-OH is 2. The Hall–Kier alpha value is -2.79. The van der Waals surface area contributed by atoms with Crippen molar-refractivity contribution in [2.24, 2.45) is 11.8 Å². The van der Waals surface area contributed by atoms with E-state index < -0.39 is 29.1 Å². The van der Waals surface area contributed by atoms with Crippen LogP contribution in [-0.4, -0.2) is 45.9 Å². The maximum atomic E-state index is 13.6. The summed E-state index contributed by atoms with van der Waals surface area (Å²) in [5.74, 6) is -2.29. The molecule has 2 N–H and O–H groups in total. The van der Waals surface area contributed by atoms with Gasteiger partial charge in [0.1, 0.15) is 5.60 Å². The lowest BCUT2D eigenvalue weighted by atomic mass is 9.64. The predicted octanol–water partition coefficient (Wildman–Crippen LogP) is 1.88. The third-order valence-corrected chi connectivity index (χ3v) is 7.25. The summed E-state index contributed by atoms with van der Waals surface area (Å²) in [4.78, 5) is 28.5. The Balaban J connectivity index is 1.68. The Morgan fingerprint density at radius 1 is 1.17 bits per heavy atom. The van der Waals surface area contributed by atoms with Crippen molar-refractivity contribution in [3.63, 3.8) is 0 Å². The highest BCUT2D eigenvalue weighted by molar-refractivity contribution is 6.26. The van der Waals surface area contributed by atoms with Crippen molar-refractivity contribution < 1.29 is 24.5 Å². The molecular formula is C23H22N2O5. The summed E-state index contributed by atoms with van der Waals surface area (Å²) in [6.45, 7) is 1.65. The van der Waals surface area contributed by atoms with E-state index in [1.54, 1.807) is 30.3 Å². The number of hydrogen-bond acceptors (Lipinski definition) is 6. The SMILES string of the molecule is CC[C@@]12OC(CCO)(C[C@@H]1O)[C@H]1C(=O)N(c3ccc(C#N)c4ccccc34)C(=O)[C@H]12. The maximum Gasteiger partial charge on any atom is 0.240 e. The quantitative estimate of drug-likeness (QED) is 0.750. The largest absolute Gasteiger partial charge is 0.396 e. The second-order valence-corrected chi connectivity index (χ2v) is 8.43. The van der Waals surface area contributed by atoms with E-state index >= 15 is 0 Å².